The molecule has 7 nitrogen and oxygen atoms in total. The number of carbonyl (C=O) groups excluding carboxylic acids is 1. The number of para-hydroxylation sites is 1. The second kappa shape index (κ2) is 7.94. The Morgan fingerprint density at radius 3 is 2.40 bits per heavy atom. The molecule has 1 aromatic carbocycles. The van der Waals surface area contributed by atoms with Crippen molar-refractivity contribution in [3.8, 4) is 5.75 Å². The fourth-order valence-corrected chi connectivity index (χ4v) is 2.56. The van der Waals surface area contributed by atoms with Gasteiger partial charge in [0.1, 0.15) is 5.75 Å². The molecule has 132 valence electrons. The summed E-state index contributed by atoms with van der Waals surface area (Å²) in [5.74, 6) is 1.12. The lowest BCUT2D eigenvalue weighted by atomic mass is 10.3. The van der Waals surface area contributed by atoms with Gasteiger partial charge in [-0.2, -0.15) is 0 Å². The number of hydrogen-bond acceptors (Lipinski definition) is 6. The summed E-state index contributed by atoms with van der Waals surface area (Å²) in [5.41, 5.74) is 0.561. The van der Waals surface area contributed by atoms with Crippen LogP contribution in [-0.4, -0.2) is 60.1 Å². The number of nitrogens with one attached hydrogen (secondary N) is 1. The summed E-state index contributed by atoms with van der Waals surface area (Å²) in [7, 11) is 2.11. The molecule has 1 aromatic heterocycles. The molecule has 1 aliphatic heterocycles. The highest BCUT2D eigenvalue weighted by molar-refractivity contribution is 5.93. The first kappa shape index (κ1) is 17.2. The highest BCUT2D eigenvalue weighted by Gasteiger charge is 2.18. The van der Waals surface area contributed by atoms with E-state index in [1.54, 1.807) is 19.3 Å². The van der Waals surface area contributed by atoms with Gasteiger partial charge in [0.05, 0.1) is 18.1 Å². The lowest BCUT2D eigenvalue weighted by Gasteiger charge is -2.32. The Balaban J connectivity index is 1.54. The molecular weight excluding hydrogens is 318 g/mol. The van der Waals surface area contributed by atoms with Crippen molar-refractivity contribution < 1.29 is 9.53 Å². The standard InChI is InChI=1S/C18H23N5O2/c1-14(25-16-6-4-3-5-7-16)17(24)21-15-12-19-18(20-13-15)23-10-8-22(2)9-11-23/h3-7,12-14H,8-11H2,1-2H3,(H,21,24)/t14-/m1/s1. The van der Waals surface area contributed by atoms with Gasteiger partial charge in [0.25, 0.3) is 5.91 Å². The molecule has 25 heavy (non-hydrogen) atoms. The predicted octanol–water partition coefficient (Wildman–Crippen LogP) is 1.63. The summed E-state index contributed by atoms with van der Waals surface area (Å²) in [6.45, 7) is 5.52. The third-order valence-corrected chi connectivity index (χ3v) is 4.12. The zero-order valence-electron chi connectivity index (χ0n) is 14.6. The van der Waals surface area contributed by atoms with Crippen molar-refractivity contribution in [1.29, 1.82) is 0 Å². The van der Waals surface area contributed by atoms with Crippen LogP contribution in [0.1, 0.15) is 6.92 Å². The molecule has 7 heteroatoms. The van der Waals surface area contributed by atoms with Crippen molar-refractivity contribution >= 4 is 17.5 Å². The molecule has 0 unspecified atom stereocenters. The van der Waals surface area contributed by atoms with E-state index in [4.69, 9.17) is 4.74 Å². The highest BCUT2D eigenvalue weighted by Crippen LogP contribution is 2.14. The zero-order valence-corrected chi connectivity index (χ0v) is 14.6. The Labute approximate surface area is 147 Å². The summed E-state index contributed by atoms with van der Waals surface area (Å²) in [4.78, 5) is 25.4. The molecule has 1 N–H and O–H groups in total. The normalized spacial score (nSPS) is 16.3. The van der Waals surface area contributed by atoms with Crippen LogP contribution in [0.3, 0.4) is 0 Å². The topological polar surface area (TPSA) is 70.6 Å². The average Bonchev–Trinajstić information content (AvgIpc) is 2.64. The first-order valence-corrected chi connectivity index (χ1v) is 8.40. The van der Waals surface area contributed by atoms with Crippen LogP contribution < -0.4 is 15.0 Å². The molecule has 0 bridgehead atoms. The van der Waals surface area contributed by atoms with Gasteiger partial charge in [-0.3, -0.25) is 4.79 Å². The van der Waals surface area contributed by atoms with Gasteiger partial charge in [-0.05, 0) is 26.1 Å². The second-order valence-electron chi connectivity index (χ2n) is 6.12. The van der Waals surface area contributed by atoms with Crippen LogP contribution in [0, 0.1) is 0 Å². The summed E-state index contributed by atoms with van der Waals surface area (Å²) < 4.78 is 5.61. The van der Waals surface area contributed by atoms with Crippen molar-refractivity contribution in [1.82, 2.24) is 14.9 Å². The van der Waals surface area contributed by atoms with Gasteiger partial charge >= 0.3 is 0 Å². The van der Waals surface area contributed by atoms with Crippen LogP contribution >= 0.6 is 0 Å². The molecular formula is C18H23N5O2. The smallest absolute Gasteiger partial charge is 0.265 e. The van der Waals surface area contributed by atoms with Gasteiger partial charge in [-0.15, -0.1) is 0 Å². The van der Waals surface area contributed by atoms with E-state index in [1.165, 1.54) is 0 Å². The van der Waals surface area contributed by atoms with E-state index in [0.717, 1.165) is 26.2 Å². The molecule has 0 saturated carbocycles. The van der Waals surface area contributed by atoms with Gasteiger partial charge in [-0.1, -0.05) is 18.2 Å². The lowest BCUT2D eigenvalue weighted by molar-refractivity contribution is -0.122. The average molecular weight is 341 g/mol. The maximum absolute atomic E-state index is 12.2. The van der Waals surface area contributed by atoms with Crippen LogP contribution in [0.4, 0.5) is 11.6 Å². The third kappa shape index (κ3) is 4.67. The summed E-state index contributed by atoms with van der Waals surface area (Å²) in [5, 5.41) is 2.78. The number of likely N-dealkylation sites (N-methyl/N-ethyl adjacent to an activating group) is 1. The van der Waals surface area contributed by atoms with Gasteiger partial charge in [0.2, 0.25) is 5.95 Å². The number of amides is 1. The number of rotatable bonds is 5. The fourth-order valence-electron chi connectivity index (χ4n) is 2.56. The van der Waals surface area contributed by atoms with Crippen LogP contribution in [0.15, 0.2) is 42.7 Å². The number of ether oxygens (including phenoxy) is 1. The Bertz CT molecular complexity index is 684. The SMILES string of the molecule is C[C@@H](Oc1ccccc1)C(=O)Nc1cnc(N2CCN(C)CC2)nc1. The Morgan fingerprint density at radius 2 is 1.76 bits per heavy atom. The second-order valence-corrected chi connectivity index (χ2v) is 6.12. The largest absolute Gasteiger partial charge is 0.481 e. The fraction of sp³-hybridized carbons (Fsp3) is 0.389. The number of aromatic nitrogens is 2. The van der Waals surface area contributed by atoms with Crippen LogP contribution in [-0.2, 0) is 4.79 Å². The van der Waals surface area contributed by atoms with Gasteiger partial charge in [-0.25, -0.2) is 9.97 Å². The molecule has 0 radical (unpaired) electrons. The molecule has 1 amide bonds. The first-order chi connectivity index (χ1) is 12.1. The minimum absolute atomic E-state index is 0.236. The van der Waals surface area contributed by atoms with E-state index in [0.29, 0.717) is 17.4 Å². The van der Waals surface area contributed by atoms with Crippen molar-refractivity contribution in [2.45, 2.75) is 13.0 Å². The third-order valence-electron chi connectivity index (χ3n) is 4.12. The van der Waals surface area contributed by atoms with E-state index in [1.807, 2.05) is 30.3 Å². The van der Waals surface area contributed by atoms with E-state index in [9.17, 15) is 4.79 Å². The minimum atomic E-state index is -0.611. The Hall–Kier alpha value is -2.67. The van der Waals surface area contributed by atoms with Crippen molar-refractivity contribution in [3.63, 3.8) is 0 Å². The predicted molar refractivity (Wildman–Crippen MR) is 96.9 cm³/mol. The Kier molecular flexibility index (Phi) is 5.45. The number of carbonyl (C=O) groups is 1. The highest BCUT2D eigenvalue weighted by atomic mass is 16.5. The molecule has 2 aromatic rings. The van der Waals surface area contributed by atoms with Gasteiger partial charge in [0, 0.05) is 26.2 Å². The van der Waals surface area contributed by atoms with E-state index in [-0.39, 0.29) is 5.91 Å². The first-order valence-electron chi connectivity index (χ1n) is 8.40. The number of hydrogen-bond donors (Lipinski definition) is 1. The van der Waals surface area contributed by atoms with Crippen LogP contribution in [0.5, 0.6) is 5.75 Å². The number of nitrogens with zero attached hydrogens (tertiary/aromatic N) is 4. The summed E-state index contributed by atoms with van der Waals surface area (Å²) >= 11 is 0. The van der Waals surface area contributed by atoms with E-state index in [2.05, 4.69) is 32.1 Å². The van der Waals surface area contributed by atoms with Crippen molar-refractivity contribution in [3.05, 3.63) is 42.7 Å². The molecule has 1 fully saturated rings. The quantitative estimate of drug-likeness (QED) is 0.891. The molecule has 0 spiro atoms. The maximum Gasteiger partial charge on any atom is 0.265 e. The summed E-state index contributed by atoms with van der Waals surface area (Å²) in [6, 6.07) is 9.27. The van der Waals surface area contributed by atoms with Crippen molar-refractivity contribution in [2.24, 2.45) is 0 Å². The van der Waals surface area contributed by atoms with E-state index >= 15 is 0 Å². The molecule has 1 atom stereocenters. The van der Waals surface area contributed by atoms with Crippen LogP contribution in [0.25, 0.3) is 0 Å². The monoisotopic (exact) mass is 341 g/mol. The molecule has 1 aliphatic rings. The number of benzene rings is 1. The van der Waals surface area contributed by atoms with Crippen molar-refractivity contribution in [2.75, 3.05) is 43.4 Å². The van der Waals surface area contributed by atoms with Gasteiger partial charge in [0.15, 0.2) is 6.10 Å². The maximum atomic E-state index is 12.2. The van der Waals surface area contributed by atoms with E-state index < -0.39 is 6.10 Å². The Morgan fingerprint density at radius 1 is 1.12 bits per heavy atom. The lowest BCUT2D eigenvalue weighted by Crippen LogP contribution is -2.45. The molecule has 3 rings (SSSR count). The zero-order chi connectivity index (χ0) is 17.6. The molecule has 1 saturated heterocycles. The minimum Gasteiger partial charge on any atom is -0.481 e. The molecule has 0 aliphatic carbocycles. The number of piperazine rings is 1. The number of anilines is 2. The summed E-state index contributed by atoms with van der Waals surface area (Å²) in [6.07, 6.45) is 2.65. The molecule has 2 heterocycles. The van der Waals surface area contributed by atoms with Crippen LogP contribution in [0.2, 0.25) is 0 Å². The van der Waals surface area contributed by atoms with Gasteiger partial charge < -0.3 is 19.9 Å².